The Labute approximate surface area is 96.4 Å². The van der Waals surface area contributed by atoms with Gasteiger partial charge >= 0.3 is 0 Å². The number of rotatable bonds is 5. The summed E-state index contributed by atoms with van der Waals surface area (Å²) in [7, 11) is 0. The molecule has 0 spiro atoms. The number of benzene rings is 1. The first-order chi connectivity index (χ1) is 7.78. The zero-order chi connectivity index (χ0) is 11.4. The van der Waals surface area contributed by atoms with Crippen molar-refractivity contribution >= 4 is 0 Å². The fraction of sp³-hybridized carbons (Fsp3) is 0.538. The molecule has 0 heterocycles. The highest BCUT2D eigenvalue weighted by Gasteiger charge is 2.28. The molecule has 0 amide bonds. The minimum absolute atomic E-state index is 0.333. The molecule has 1 fully saturated rings. The molecule has 2 rings (SSSR count). The number of nitrogens with one attached hydrogen (secondary N) is 1. The number of hydrogen-bond acceptors (Lipinski definition) is 3. The molecule has 1 aliphatic carbocycles. The Morgan fingerprint density at radius 3 is 2.94 bits per heavy atom. The van der Waals surface area contributed by atoms with Gasteiger partial charge in [0, 0.05) is 19.2 Å². The number of phenolic OH excluding ortho intramolecular Hbond substituents is 1. The van der Waals surface area contributed by atoms with Crippen molar-refractivity contribution in [1.29, 1.82) is 0 Å². The van der Waals surface area contributed by atoms with E-state index in [0.717, 1.165) is 31.6 Å². The van der Waals surface area contributed by atoms with Crippen LogP contribution in [-0.4, -0.2) is 23.9 Å². The van der Waals surface area contributed by atoms with Crippen LogP contribution in [0, 0.1) is 0 Å². The Hall–Kier alpha value is -1.06. The van der Waals surface area contributed by atoms with Crippen molar-refractivity contribution in [2.75, 3.05) is 6.61 Å². The first-order valence-electron chi connectivity index (χ1n) is 5.91. The summed E-state index contributed by atoms with van der Waals surface area (Å²) in [6.07, 6.45) is 2.66. The summed E-state index contributed by atoms with van der Waals surface area (Å²) in [4.78, 5) is 0. The molecule has 3 heteroatoms. The number of aromatic hydroxyl groups is 1. The monoisotopic (exact) mass is 221 g/mol. The third-order valence-electron chi connectivity index (χ3n) is 3.00. The Balaban J connectivity index is 1.69. The summed E-state index contributed by atoms with van der Waals surface area (Å²) < 4.78 is 5.50. The predicted molar refractivity (Wildman–Crippen MR) is 63.4 cm³/mol. The summed E-state index contributed by atoms with van der Waals surface area (Å²) in [5, 5.41) is 12.8. The number of phenols is 1. The van der Waals surface area contributed by atoms with E-state index < -0.39 is 0 Å². The molecule has 0 aliphatic heterocycles. The molecular weight excluding hydrogens is 202 g/mol. The first kappa shape index (κ1) is 11.4. The van der Waals surface area contributed by atoms with E-state index in [1.807, 2.05) is 19.1 Å². The molecule has 0 saturated heterocycles. The van der Waals surface area contributed by atoms with Crippen molar-refractivity contribution in [3.63, 3.8) is 0 Å². The number of ether oxygens (including phenoxy) is 1. The van der Waals surface area contributed by atoms with Gasteiger partial charge in [-0.25, -0.2) is 0 Å². The molecule has 0 atom stereocenters. The molecule has 0 unspecified atom stereocenters. The molecule has 0 radical (unpaired) electrons. The Morgan fingerprint density at radius 2 is 2.25 bits per heavy atom. The van der Waals surface area contributed by atoms with Crippen LogP contribution in [0.1, 0.15) is 25.3 Å². The van der Waals surface area contributed by atoms with Crippen LogP contribution in [0.4, 0.5) is 0 Å². The zero-order valence-corrected chi connectivity index (χ0v) is 9.65. The van der Waals surface area contributed by atoms with Gasteiger partial charge in [0.2, 0.25) is 0 Å². The zero-order valence-electron chi connectivity index (χ0n) is 9.65. The molecule has 0 bridgehead atoms. The van der Waals surface area contributed by atoms with Gasteiger partial charge in [-0.15, -0.1) is 0 Å². The third kappa shape index (κ3) is 2.97. The quantitative estimate of drug-likeness (QED) is 0.799. The largest absolute Gasteiger partial charge is 0.508 e. The van der Waals surface area contributed by atoms with Gasteiger partial charge in [-0.3, -0.25) is 0 Å². The maximum Gasteiger partial charge on any atom is 0.115 e. The third-order valence-corrected chi connectivity index (χ3v) is 3.00. The topological polar surface area (TPSA) is 41.5 Å². The summed E-state index contributed by atoms with van der Waals surface area (Å²) >= 11 is 0. The molecule has 16 heavy (non-hydrogen) atoms. The van der Waals surface area contributed by atoms with Crippen molar-refractivity contribution in [3.8, 4) is 5.75 Å². The first-order valence-corrected chi connectivity index (χ1v) is 5.91. The summed E-state index contributed by atoms with van der Waals surface area (Å²) in [5.41, 5.74) is 1.12. The van der Waals surface area contributed by atoms with Crippen LogP contribution in [0.15, 0.2) is 24.3 Å². The summed E-state index contributed by atoms with van der Waals surface area (Å²) in [6.45, 7) is 3.66. The van der Waals surface area contributed by atoms with Gasteiger partial charge in [0.05, 0.1) is 6.10 Å². The van der Waals surface area contributed by atoms with E-state index in [1.165, 1.54) is 0 Å². The van der Waals surface area contributed by atoms with Crippen LogP contribution in [0.25, 0.3) is 0 Å². The summed E-state index contributed by atoms with van der Waals surface area (Å²) in [6, 6.07) is 7.95. The van der Waals surface area contributed by atoms with E-state index >= 15 is 0 Å². The van der Waals surface area contributed by atoms with E-state index in [9.17, 15) is 5.11 Å². The van der Waals surface area contributed by atoms with Crippen LogP contribution < -0.4 is 5.32 Å². The fourth-order valence-electron chi connectivity index (χ4n) is 2.03. The van der Waals surface area contributed by atoms with Crippen molar-refractivity contribution in [2.24, 2.45) is 0 Å². The van der Waals surface area contributed by atoms with Crippen molar-refractivity contribution in [2.45, 2.75) is 38.5 Å². The van der Waals surface area contributed by atoms with Crippen LogP contribution in [0.5, 0.6) is 5.75 Å². The molecule has 1 aromatic rings. The molecule has 0 aromatic heterocycles. The Morgan fingerprint density at radius 1 is 1.44 bits per heavy atom. The van der Waals surface area contributed by atoms with Gasteiger partial charge in [-0.1, -0.05) is 12.1 Å². The highest BCUT2D eigenvalue weighted by Crippen LogP contribution is 2.23. The van der Waals surface area contributed by atoms with Crippen molar-refractivity contribution < 1.29 is 9.84 Å². The lowest BCUT2D eigenvalue weighted by Crippen LogP contribution is -2.45. The number of hydrogen-bond donors (Lipinski definition) is 2. The smallest absolute Gasteiger partial charge is 0.115 e. The Bertz CT molecular complexity index is 334. The van der Waals surface area contributed by atoms with E-state index in [0.29, 0.717) is 17.9 Å². The predicted octanol–water partition coefficient (Wildman–Crippen LogP) is 2.05. The fourth-order valence-corrected chi connectivity index (χ4v) is 2.03. The molecule has 2 N–H and O–H groups in total. The van der Waals surface area contributed by atoms with Gasteiger partial charge < -0.3 is 15.2 Å². The van der Waals surface area contributed by atoms with Crippen LogP contribution in [-0.2, 0) is 11.3 Å². The van der Waals surface area contributed by atoms with Gasteiger partial charge in [-0.05, 0) is 37.5 Å². The minimum Gasteiger partial charge on any atom is -0.508 e. The Kier molecular flexibility index (Phi) is 3.80. The van der Waals surface area contributed by atoms with Crippen molar-refractivity contribution in [1.82, 2.24) is 5.32 Å². The maximum atomic E-state index is 9.31. The molecule has 1 saturated carbocycles. The highest BCUT2D eigenvalue weighted by molar-refractivity contribution is 5.27. The standard InChI is InChI=1S/C13H19NO2/c1-2-16-13-7-11(8-13)14-9-10-4-3-5-12(15)6-10/h3-6,11,13-15H,2,7-9H2,1H3. The molecule has 88 valence electrons. The average Bonchev–Trinajstić information content (AvgIpc) is 2.21. The second-order valence-electron chi connectivity index (χ2n) is 4.30. The molecule has 3 nitrogen and oxygen atoms in total. The normalized spacial score (nSPS) is 24.1. The molecule has 1 aliphatic rings. The SMILES string of the molecule is CCOC1CC(NCc2cccc(O)c2)C1. The lowest BCUT2D eigenvalue weighted by molar-refractivity contribution is -0.0102. The second kappa shape index (κ2) is 5.32. The minimum atomic E-state index is 0.333. The van der Waals surface area contributed by atoms with Crippen LogP contribution in [0.2, 0.25) is 0 Å². The van der Waals surface area contributed by atoms with Gasteiger partial charge in [0.25, 0.3) is 0 Å². The molecular formula is C13H19NO2. The van der Waals surface area contributed by atoms with Gasteiger partial charge in [0.15, 0.2) is 0 Å². The molecule has 1 aromatic carbocycles. The van der Waals surface area contributed by atoms with E-state index in [2.05, 4.69) is 5.32 Å². The second-order valence-corrected chi connectivity index (χ2v) is 4.30. The van der Waals surface area contributed by atoms with E-state index in [-0.39, 0.29) is 0 Å². The lowest BCUT2D eigenvalue weighted by Gasteiger charge is -2.35. The van der Waals surface area contributed by atoms with Gasteiger partial charge in [-0.2, -0.15) is 0 Å². The van der Waals surface area contributed by atoms with E-state index in [1.54, 1.807) is 12.1 Å². The average molecular weight is 221 g/mol. The highest BCUT2D eigenvalue weighted by atomic mass is 16.5. The maximum absolute atomic E-state index is 9.31. The van der Waals surface area contributed by atoms with Crippen LogP contribution >= 0.6 is 0 Å². The van der Waals surface area contributed by atoms with Gasteiger partial charge in [0.1, 0.15) is 5.75 Å². The lowest BCUT2D eigenvalue weighted by atomic mass is 9.89. The van der Waals surface area contributed by atoms with E-state index in [4.69, 9.17) is 4.74 Å². The van der Waals surface area contributed by atoms with Crippen LogP contribution in [0.3, 0.4) is 0 Å². The summed E-state index contributed by atoms with van der Waals surface area (Å²) in [5.74, 6) is 0.333. The van der Waals surface area contributed by atoms with Crippen molar-refractivity contribution in [3.05, 3.63) is 29.8 Å².